The van der Waals surface area contributed by atoms with Gasteiger partial charge in [0.15, 0.2) is 13.0 Å². The predicted octanol–water partition coefficient (Wildman–Crippen LogP) is 5.18. The highest BCUT2D eigenvalue weighted by Crippen LogP contribution is 2.50. The van der Waals surface area contributed by atoms with E-state index in [9.17, 15) is 4.57 Å². The molecule has 4 aromatic carbocycles. The third-order valence-electron chi connectivity index (χ3n) is 5.62. The van der Waals surface area contributed by atoms with Gasteiger partial charge in [-0.15, -0.1) is 0 Å². The van der Waals surface area contributed by atoms with Crippen LogP contribution in [0.4, 0.5) is 0 Å². The number of hydrogen-bond acceptors (Lipinski definition) is 3. The highest BCUT2D eigenvalue weighted by atomic mass is 31.2. The molecule has 0 bridgehead atoms. The zero-order valence-electron chi connectivity index (χ0n) is 18.2. The lowest BCUT2D eigenvalue weighted by atomic mass is 10.4. The van der Waals surface area contributed by atoms with Gasteiger partial charge >= 0.3 is 0 Å². The second-order valence-electron chi connectivity index (χ2n) is 7.75. The summed E-state index contributed by atoms with van der Waals surface area (Å²) < 4.78 is 23.1. The van der Waals surface area contributed by atoms with E-state index in [-0.39, 0.29) is 0 Å². The minimum absolute atomic E-state index is 0.577. The first-order chi connectivity index (χ1) is 16.3. The Morgan fingerprint density at radius 1 is 0.667 bits per heavy atom. The number of benzene rings is 4. The molecule has 3 nitrogen and oxygen atoms in total. The van der Waals surface area contributed by atoms with Crippen molar-refractivity contribution in [1.82, 2.24) is 4.67 Å². The topological polar surface area (TPSA) is 29.5 Å². The largest absolute Gasteiger partial charge is 0.477 e. The molecule has 33 heavy (non-hydrogen) atoms. The Hall–Kier alpha value is -3.12. The Balaban J connectivity index is 1.64. The molecule has 1 saturated heterocycles. The van der Waals surface area contributed by atoms with Crippen LogP contribution in [0, 0.1) is 0 Å². The van der Waals surface area contributed by atoms with E-state index in [1.165, 1.54) is 10.6 Å². The van der Waals surface area contributed by atoms with E-state index in [0.29, 0.717) is 12.5 Å². The van der Waals surface area contributed by atoms with Crippen LogP contribution in [-0.4, -0.2) is 17.8 Å². The standard InChI is InChI=1S/C28H25NO2P2/c30-33(26-17-9-3-10-18-26,27-19-11-4-12-20-27)23-28-29(21-22-31-28)32(24-13-5-1-6-14-24)25-15-7-2-8-16-25/h1-20,23H,21-22H2/b28-23-. The highest BCUT2D eigenvalue weighted by molar-refractivity contribution is 7.81. The summed E-state index contributed by atoms with van der Waals surface area (Å²) in [6.07, 6.45) is 0. The lowest BCUT2D eigenvalue weighted by molar-refractivity contribution is 0.257. The van der Waals surface area contributed by atoms with E-state index in [1.807, 2.05) is 78.6 Å². The Kier molecular flexibility index (Phi) is 6.44. The molecule has 0 unspecified atom stereocenters. The molecule has 0 saturated carbocycles. The second-order valence-corrected chi connectivity index (χ2v) is 12.5. The van der Waals surface area contributed by atoms with Crippen LogP contribution in [-0.2, 0) is 9.30 Å². The van der Waals surface area contributed by atoms with Gasteiger partial charge in [0.2, 0.25) is 0 Å². The Morgan fingerprint density at radius 2 is 1.09 bits per heavy atom. The summed E-state index contributed by atoms with van der Waals surface area (Å²) in [5, 5.41) is 4.10. The Morgan fingerprint density at radius 3 is 1.55 bits per heavy atom. The molecule has 0 radical (unpaired) electrons. The van der Waals surface area contributed by atoms with Gasteiger partial charge in [0.1, 0.15) is 6.61 Å². The first-order valence-corrected chi connectivity index (χ1v) is 14.1. The molecule has 1 aliphatic rings. The van der Waals surface area contributed by atoms with E-state index in [0.717, 1.165) is 17.2 Å². The average molecular weight is 469 g/mol. The molecule has 0 amide bonds. The van der Waals surface area contributed by atoms with Crippen LogP contribution < -0.4 is 21.2 Å². The zero-order chi connectivity index (χ0) is 22.5. The van der Waals surface area contributed by atoms with Crippen LogP contribution in [0.3, 0.4) is 0 Å². The van der Waals surface area contributed by atoms with Crippen molar-refractivity contribution < 1.29 is 9.30 Å². The van der Waals surface area contributed by atoms with Crippen LogP contribution in [0.1, 0.15) is 0 Å². The summed E-state index contributed by atoms with van der Waals surface area (Å²) in [6, 6.07) is 40.5. The molecule has 164 valence electrons. The highest BCUT2D eigenvalue weighted by Gasteiger charge is 2.34. The number of rotatable bonds is 6. The summed E-state index contributed by atoms with van der Waals surface area (Å²) in [5.41, 5.74) is 0. The summed E-state index contributed by atoms with van der Waals surface area (Å²) >= 11 is 0. The molecule has 0 spiro atoms. The molecule has 0 atom stereocenters. The summed E-state index contributed by atoms with van der Waals surface area (Å²) in [6.45, 7) is 1.33. The van der Waals surface area contributed by atoms with Gasteiger partial charge in [0.05, 0.1) is 14.6 Å². The number of nitrogens with zero attached hydrogens (tertiary/aromatic N) is 1. The van der Waals surface area contributed by atoms with Crippen LogP contribution in [0.2, 0.25) is 0 Å². The van der Waals surface area contributed by atoms with Gasteiger partial charge in [-0.25, -0.2) is 0 Å². The van der Waals surface area contributed by atoms with Crippen LogP contribution in [0.25, 0.3) is 0 Å². The Labute approximate surface area is 196 Å². The van der Waals surface area contributed by atoms with Crippen molar-refractivity contribution in [3.63, 3.8) is 0 Å². The molecular weight excluding hydrogens is 444 g/mol. The number of hydrogen-bond donors (Lipinski definition) is 0. The maximum Gasteiger partial charge on any atom is 0.197 e. The predicted molar refractivity (Wildman–Crippen MR) is 140 cm³/mol. The monoisotopic (exact) mass is 469 g/mol. The molecule has 1 heterocycles. The third-order valence-corrected chi connectivity index (χ3v) is 10.8. The zero-order valence-corrected chi connectivity index (χ0v) is 20.0. The Bertz CT molecular complexity index is 1180. The maximum absolute atomic E-state index is 14.6. The second kappa shape index (κ2) is 9.79. The maximum atomic E-state index is 14.6. The van der Waals surface area contributed by atoms with Crippen molar-refractivity contribution in [2.24, 2.45) is 0 Å². The van der Waals surface area contributed by atoms with E-state index >= 15 is 0 Å². The van der Waals surface area contributed by atoms with E-state index in [1.54, 1.807) is 0 Å². The fourth-order valence-electron chi connectivity index (χ4n) is 4.04. The van der Waals surface area contributed by atoms with Crippen molar-refractivity contribution >= 4 is 36.4 Å². The van der Waals surface area contributed by atoms with Gasteiger partial charge in [-0.05, 0) is 0 Å². The van der Waals surface area contributed by atoms with E-state index in [4.69, 9.17) is 4.74 Å². The number of ether oxygens (including phenoxy) is 1. The van der Waals surface area contributed by atoms with Crippen LogP contribution in [0.15, 0.2) is 133 Å². The summed E-state index contributed by atoms with van der Waals surface area (Å²) in [4.78, 5) is 0. The van der Waals surface area contributed by atoms with Crippen molar-refractivity contribution in [2.75, 3.05) is 13.2 Å². The molecular formula is C28H25NO2P2. The lowest BCUT2D eigenvalue weighted by Crippen LogP contribution is -2.26. The molecule has 4 aromatic rings. The van der Waals surface area contributed by atoms with Gasteiger partial charge in [-0.2, -0.15) is 0 Å². The van der Waals surface area contributed by atoms with Crippen LogP contribution in [0.5, 0.6) is 0 Å². The lowest BCUT2D eigenvalue weighted by Gasteiger charge is -2.30. The van der Waals surface area contributed by atoms with Gasteiger partial charge < -0.3 is 14.0 Å². The normalized spacial score (nSPS) is 15.1. The van der Waals surface area contributed by atoms with Crippen molar-refractivity contribution in [3.05, 3.63) is 133 Å². The molecule has 0 aliphatic carbocycles. The molecule has 5 rings (SSSR count). The van der Waals surface area contributed by atoms with Crippen LogP contribution >= 0.6 is 15.2 Å². The molecule has 1 aliphatic heterocycles. The van der Waals surface area contributed by atoms with Crippen molar-refractivity contribution in [3.8, 4) is 0 Å². The van der Waals surface area contributed by atoms with Crippen molar-refractivity contribution in [1.29, 1.82) is 0 Å². The quantitative estimate of drug-likeness (QED) is 0.365. The minimum atomic E-state index is -3.05. The molecule has 5 heteroatoms. The molecule has 0 aromatic heterocycles. The van der Waals surface area contributed by atoms with Gasteiger partial charge in [0.25, 0.3) is 0 Å². The summed E-state index contributed by atoms with van der Waals surface area (Å²) in [5.74, 6) is 2.58. The SMILES string of the molecule is O=P(/C=C1\OCCN1P(c1ccccc1)c1ccccc1)(c1ccccc1)c1ccccc1. The van der Waals surface area contributed by atoms with Gasteiger partial charge in [-0.1, -0.05) is 121 Å². The van der Waals surface area contributed by atoms with Crippen molar-refractivity contribution in [2.45, 2.75) is 0 Å². The first-order valence-electron chi connectivity index (χ1n) is 11.0. The smallest absolute Gasteiger partial charge is 0.197 e. The average Bonchev–Trinajstić information content (AvgIpc) is 3.34. The molecule has 1 fully saturated rings. The fourth-order valence-corrected chi connectivity index (χ4v) is 8.84. The van der Waals surface area contributed by atoms with E-state index < -0.39 is 15.2 Å². The van der Waals surface area contributed by atoms with E-state index in [2.05, 4.69) is 53.2 Å². The minimum Gasteiger partial charge on any atom is -0.477 e. The van der Waals surface area contributed by atoms with Gasteiger partial charge in [0, 0.05) is 27.0 Å². The first kappa shape index (κ1) is 21.7. The van der Waals surface area contributed by atoms with Gasteiger partial charge in [-0.3, -0.25) is 0 Å². The summed E-state index contributed by atoms with van der Waals surface area (Å²) in [7, 11) is -3.91. The fraction of sp³-hybridized carbons (Fsp3) is 0.0714. The third kappa shape index (κ3) is 4.53. The molecule has 0 N–H and O–H groups in total.